The van der Waals surface area contributed by atoms with Crippen LogP contribution >= 0.6 is 0 Å². The smallest absolute Gasteiger partial charge is 0.246 e. The van der Waals surface area contributed by atoms with E-state index in [9.17, 15) is 14.0 Å². The second kappa shape index (κ2) is 9.25. The van der Waals surface area contributed by atoms with Crippen molar-refractivity contribution in [1.29, 1.82) is 0 Å². The van der Waals surface area contributed by atoms with Crippen LogP contribution in [0.2, 0.25) is 0 Å². The van der Waals surface area contributed by atoms with Crippen molar-refractivity contribution in [1.82, 2.24) is 9.80 Å². The summed E-state index contributed by atoms with van der Waals surface area (Å²) < 4.78 is 13.5. The predicted octanol–water partition coefficient (Wildman–Crippen LogP) is 2.57. The second-order valence-electron chi connectivity index (χ2n) is 6.77. The van der Waals surface area contributed by atoms with Gasteiger partial charge in [0.1, 0.15) is 11.9 Å². The maximum absolute atomic E-state index is 13.5. The summed E-state index contributed by atoms with van der Waals surface area (Å²) in [6.45, 7) is 0.288. The third-order valence-electron chi connectivity index (χ3n) is 3.83. The zero-order valence-electron chi connectivity index (χ0n) is 16.0. The molecule has 0 bridgehead atoms. The Morgan fingerprint density at radius 2 is 1.56 bits per heavy atom. The van der Waals surface area contributed by atoms with Crippen molar-refractivity contribution in [3.05, 3.63) is 59.9 Å². The Morgan fingerprint density at radius 3 is 2.07 bits per heavy atom. The SMILES string of the molecule is CN(C)CC(=O)Nc1ccc(NC(=O)C(c2cccc(F)c2)N(C)C)cc1. The van der Waals surface area contributed by atoms with E-state index in [4.69, 9.17) is 0 Å². The molecule has 27 heavy (non-hydrogen) atoms. The van der Waals surface area contributed by atoms with Crippen molar-refractivity contribution in [2.24, 2.45) is 0 Å². The number of benzene rings is 2. The number of rotatable bonds is 7. The molecule has 1 atom stereocenters. The van der Waals surface area contributed by atoms with E-state index < -0.39 is 6.04 Å². The van der Waals surface area contributed by atoms with Crippen molar-refractivity contribution in [2.45, 2.75) is 6.04 Å². The predicted molar refractivity (Wildman–Crippen MR) is 105 cm³/mol. The highest BCUT2D eigenvalue weighted by Crippen LogP contribution is 2.22. The molecule has 0 aliphatic carbocycles. The van der Waals surface area contributed by atoms with E-state index in [1.165, 1.54) is 12.1 Å². The van der Waals surface area contributed by atoms with Crippen LogP contribution in [0.25, 0.3) is 0 Å². The molecule has 2 aromatic rings. The molecule has 0 fully saturated rings. The number of likely N-dealkylation sites (N-methyl/N-ethyl adjacent to an activating group) is 2. The average Bonchev–Trinajstić information content (AvgIpc) is 2.55. The maximum atomic E-state index is 13.5. The number of carbonyl (C=O) groups is 2. The van der Waals surface area contributed by atoms with Crippen LogP contribution in [-0.4, -0.2) is 56.3 Å². The van der Waals surface area contributed by atoms with Crippen LogP contribution in [0.4, 0.5) is 15.8 Å². The lowest BCUT2D eigenvalue weighted by molar-refractivity contribution is -0.120. The number of anilines is 2. The van der Waals surface area contributed by atoms with Crippen LogP contribution in [0.1, 0.15) is 11.6 Å². The Kier molecular flexibility index (Phi) is 7.04. The van der Waals surface area contributed by atoms with Gasteiger partial charge in [-0.05, 0) is 70.2 Å². The zero-order chi connectivity index (χ0) is 20.0. The molecule has 0 heterocycles. The van der Waals surface area contributed by atoms with Crippen molar-refractivity contribution in [2.75, 3.05) is 45.4 Å². The fraction of sp³-hybridized carbons (Fsp3) is 0.300. The first-order valence-corrected chi connectivity index (χ1v) is 8.53. The summed E-state index contributed by atoms with van der Waals surface area (Å²) in [7, 11) is 7.16. The highest BCUT2D eigenvalue weighted by atomic mass is 19.1. The van der Waals surface area contributed by atoms with E-state index in [-0.39, 0.29) is 24.2 Å². The minimum atomic E-state index is -0.625. The topological polar surface area (TPSA) is 64.7 Å². The molecule has 0 spiro atoms. The van der Waals surface area contributed by atoms with Crippen LogP contribution in [0.3, 0.4) is 0 Å². The van der Waals surface area contributed by atoms with Gasteiger partial charge in [-0.15, -0.1) is 0 Å². The molecule has 0 aromatic heterocycles. The van der Waals surface area contributed by atoms with Gasteiger partial charge in [0, 0.05) is 11.4 Å². The van der Waals surface area contributed by atoms with Crippen LogP contribution in [0, 0.1) is 5.82 Å². The largest absolute Gasteiger partial charge is 0.325 e. The third-order valence-corrected chi connectivity index (χ3v) is 3.83. The van der Waals surface area contributed by atoms with Crippen LogP contribution in [0.5, 0.6) is 0 Å². The maximum Gasteiger partial charge on any atom is 0.246 e. The van der Waals surface area contributed by atoms with Crippen molar-refractivity contribution in [3.8, 4) is 0 Å². The Morgan fingerprint density at radius 1 is 0.963 bits per heavy atom. The zero-order valence-corrected chi connectivity index (χ0v) is 16.0. The summed E-state index contributed by atoms with van der Waals surface area (Å²) in [5.74, 6) is -0.768. The standard InChI is InChI=1S/C20H25FN4O2/c1-24(2)13-18(26)22-16-8-10-17(11-9-16)23-20(27)19(25(3)4)14-6-5-7-15(21)12-14/h5-12,19H,13H2,1-4H3,(H,22,26)(H,23,27). The van der Waals surface area contributed by atoms with Crippen LogP contribution in [-0.2, 0) is 9.59 Å². The van der Waals surface area contributed by atoms with E-state index in [1.54, 1.807) is 60.3 Å². The Labute approximate surface area is 159 Å². The molecule has 1 unspecified atom stereocenters. The minimum absolute atomic E-state index is 0.115. The monoisotopic (exact) mass is 372 g/mol. The summed E-state index contributed by atoms with van der Waals surface area (Å²) >= 11 is 0. The van der Waals surface area contributed by atoms with Gasteiger partial charge in [-0.1, -0.05) is 12.1 Å². The van der Waals surface area contributed by atoms with Crippen LogP contribution in [0.15, 0.2) is 48.5 Å². The molecule has 2 aromatic carbocycles. The van der Waals surface area contributed by atoms with Gasteiger partial charge in [-0.3, -0.25) is 14.5 Å². The molecule has 0 saturated heterocycles. The van der Waals surface area contributed by atoms with Crippen molar-refractivity contribution >= 4 is 23.2 Å². The Bertz CT molecular complexity index is 791. The van der Waals surface area contributed by atoms with Gasteiger partial charge in [0.15, 0.2) is 0 Å². The highest BCUT2D eigenvalue weighted by Gasteiger charge is 2.23. The molecule has 7 heteroatoms. The quantitative estimate of drug-likeness (QED) is 0.784. The van der Waals surface area contributed by atoms with Gasteiger partial charge in [0.2, 0.25) is 11.8 Å². The molecule has 0 aliphatic rings. The van der Waals surface area contributed by atoms with E-state index in [2.05, 4.69) is 10.6 Å². The summed E-state index contributed by atoms with van der Waals surface area (Å²) in [5, 5.41) is 5.61. The molecule has 0 saturated carbocycles. The van der Waals surface area contributed by atoms with E-state index >= 15 is 0 Å². The van der Waals surface area contributed by atoms with Gasteiger partial charge in [-0.2, -0.15) is 0 Å². The summed E-state index contributed by atoms with van der Waals surface area (Å²) in [5.41, 5.74) is 1.81. The third kappa shape index (κ3) is 6.16. The molecule has 144 valence electrons. The minimum Gasteiger partial charge on any atom is -0.325 e. The summed E-state index contributed by atoms with van der Waals surface area (Å²) in [6.07, 6.45) is 0. The number of amides is 2. The lowest BCUT2D eigenvalue weighted by Gasteiger charge is -2.24. The molecule has 2 N–H and O–H groups in total. The van der Waals surface area contributed by atoms with E-state index in [1.807, 2.05) is 14.1 Å². The van der Waals surface area contributed by atoms with E-state index in [0.717, 1.165) is 0 Å². The number of nitrogens with zero attached hydrogens (tertiary/aromatic N) is 2. The molecule has 0 aliphatic heterocycles. The fourth-order valence-corrected chi connectivity index (χ4v) is 2.70. The van der Waals surface area contributed by atoms with Crippen molar-refractivity contribution < 1.29 is 14.0 Å². The van der Waals surface area contributed by atoms with Crippen LogP contribution < -0.4 is 10.6 Å². The van der Waals surface area contributed by atoms with E-state index in [0.29, 0.717) is 16.9 Å². The lowest BCUT2D eigenvalue weighted by atomic mass is 10.0. The molecular weight excluding hydrogens is 347 g/mol. The van der Waals surface area contributed by atoms with Gasteiger partial charge in [-0.25, -0.2) is 4.39 Å². The normalized spacial score (nSPS) is 12.1. The van der Waals surface area contributed by atoms with Gasteiger partial charge < -0.3 is 15.5 Å². The van der Waals surface area contributed by atoms with Gasteiger partial charge in [0.25, 0.3) is 0 Å². The summed E-state index contributed by atoms with van der Waals surface area (Å²) in [6, 6.07) is 12.2. The average molecular weight is 372 g/mol. The number of carbonyl (C=O) groups excluding carboxylic acids is 2. The molecule has 2 amide bonds. The Hall–Kier alpha value is -2.77. The fourth-order valence-electron chi connectivity index (χ4n) is 2.70. The highest BCUT2D eigenvalue weighted by molar-refractivity contribution is 5.96. The molecule has 2 rings (SSSR count). The second-order valence-corrected chi connectivity index (χ2v) is 6.77. The summed E-state index contributed by atoms with van der Waals surface area (Å²) in [4.78, 5) is 28.0. The first-order valence-electron chi connectivity index (χ1n) is 8.53. The lowest BCUT2D eigenvalue weighted by Crippen LogP contribution is -2.32. The number of halogens is 1. The Balaban J connectivity index is 2.06. The first kappa shape index (κ1) is 20.5. The number of hydrogen-bond donors (Lipinski definition) is 2. The van der Waals surface area contributed by atoms with Gasteiger partial charge >= 0.3 is 0 Å². The number of hydrogen-bond acceptors (Lipinski definition) is 4. The molecule has 6 nitrogen and oxygen atoms in total. The van der Waals surface area contributed by atoms with Crippen molar-refractivity contribution in [3.63, 3.8) is 0 Å². The molecule has 0 radical (unpaired) electrons. The van der Waals surface area contributed by atoms with Gasteiger partial charge in [0.05, 0.1) is 6.54 Å². The molecular formula is C20H25FN4O2. The first-order chi connectivity index (χ1) is 12.8. The number of nitrogens with one attached hydrogen (secondary N) is 2.